The molecule has 2 heterocycles. The number of aromatic nitrogens is 3. The molecule has 2 rings (SSSR count). The van der Waals surface area contributed by atoms with Gasteiger partial charge in [-0.3, -0.25) is 9.71 Å². The van der Waals surface area contributed by atoms with Crippen LogP contribution in [-0.2, 0) is 16.4 Å². The van der Waals surface area contributed by atoms with Crippen LogP contribution in [0.1, 0.15) is 5.56 Å². The maximum absolute atomic E-state index is 11.9. The van der Waals surface area contributed by atoms with Gasteiger partial charge in [-0.15, -0.1) is 0 Å². The lowest BCUT2D eigenvalue weighted by Crippen LogP contribution is -2.19. The Balaban J connectivity index is 2.02. The first-order valence-corrected chi connectivity index (χ1v) is 7.46. The van der Waals surface area contributed by atoms with Gasteiger partial charge in [0.05, 0.1) is 5.75 Å². The molecule has 6 nitrogen and oxygen atoms in total. The molecule has 8 heteroatoms. The first-order chi connectivity index (χ1) is 9.07. The van der Waals surface area contributed by atoms with Crippen molar-refractivity contribution in [1.82, 2.24) is 15.0 Å². The van der Waals surface area contributed by atoms with Crippen LogP contribution >= 0.6 is 11.6 Å². The summed E-state index contributed by atoms with van der Waals surface area (Å²) in [4.78, 5) is 11.4. The average molecular weight is 299 g/mol. The van der Waals surface area contributed by atoms with Crippen molar-refractivity contribution in [2.24, 2.45) is 0 Å². The molecule has 0 atom stereocenters. The first-order valence-electron chi connectivity index (χ1n) is 5.43. The molecule has 0 saturated heterocycles. The molecule has 1 N–H and O–H groups in total. The topological polar surface area (TPSA) is 84.8 Å². The van der Waals surface area contributed by atoms with Crippen LogP contribution in [0, 0.1) is 0 Å². The fourth-order valence-corrected chi connectivity index (χ4v) is 2.65. The molecule has 0 aliphatic rings. The van der Waals surface area contributed by atoms with Gasteiger partial charge in [0.1, 0.15) is 0 Å². The lowest BCUT2D eigenvalue weighted by molar-refractivity contribution is 0.600. The van der Waals surface area contributed by atoms with Gasteiger partial charge in [-0.05, 0) is 24.1 Å². The van der Waals surface area contributed by atoms with E-state index in [1.165, 1.54) is 12.4 Å². The Morgan fingerprint density at radius 1 is 1.11 bits per heavy atom. The van der Waals surface area contributed by atoms with Crippen LogP contribution in [0.5, 0.6) is 0 Å². The van der Waals surface area contributed by atoms with Crippen molar-refractivity contribution in [3.05, 3.63) is 47.6 Å². The minimum atomic E-state index is -3.51. The summed E-state index contributed by atoms with van der Waals surface area (Å²) in [5.74, 6) is -0.0249. The number of hydrogen-bond acceptors (Lipinski definition) is 5. The average Bonchev–Trinajstić information content (AvgIpc) is 2.40. The lowest BCUT2D eigenvalue weighted by Gasteiger charge is -2.07. The second-order valence-corrected chi connectivity index (χ2v) is 5.92. The third kappa shape index (κ3) is 4.15. The zero-order chi connectivity index (χ0) is 13.7. The van der Waals surface area contributed by atoms with Gasteiger partial charge >= 0.3 is 0 Å². The normalized spacial score (nSPS) is 11.2. The number of nitrogens with one attached hydrogen (secondary N) is 1. The van der Waals surface area contributed by atoms with Gasteiger partial charge in [-0.25, -0.2) is 18.4 Å². The number of pyridine rings is 1. The zero-order valence-electron chi connectivity index (χ0n) is 9.82. The van der Waals surface area contributed by atoms with Crippen LogP contribution in [0.2, 0.25) is 5.15 Å². The van der Waals surface area contributed by atoms with Crippen LogP contribution in [-0.4, -0.2) is 29.1 Å². The highest BCUT2D eigenvalue weighted by atomic mass is 35.5. The minimum Gasteiger partial charge on any atom is -0.265 e. The molecule has 0 fully saturated rings. The monoisotopic (exact) mass is 298 g/mol. The quantitative estimate of drug-likeness (QED) is 0.904. The molecule has 0 aliphatic heterocycles. The van der Waals surface area contributed by atoms with Gasteiger partial charge in [0, 0.05) is 24.8 Å². The molecular weight excluding hydrogens is 288 g/mol. The van der Waals surface area contributed by atoms with E-state index in [4.69, 9.17) is 11.6 Å². The highest BCUT2D eigenvalue weighted by Crippen LogP contribution is 2.16. The fourth-order valence-electron chi connectivity index (χ4n) is 1.39. The number of aryl methyl sites for hydroxylation is 1. The Labute approximate surface area is 115 Å². The van der Waals surface area contributed by atoms with Crippen LogP contribution in [0.25, 0.3) is 0 Å². The molecule has 0 amide bonds. The molecule has 0 spiro atoms. The van der Waals surface area contributed by atoms with E-state index < -0.39 is 10.0 Å². The van der Waals surface area contributed by atoms with E-state index in [1.54, 1.807) is 24.5 Å². The van der Waals surface area contributed by atoms with Gasteiger partial charge in [-0.1, -0.05) is 11.6 Å². The molecule has 0 saturated carbocycles. The Kier molecular flexibility index (Phi) is 4.28. The van der Waals surface area contributed by atoms with E-state index in [1.807, 2.05) is 0 Å². The van der Waals surface area contributed by atoms with Crippen molar-refractivity contribution in [2.75, 3.05) is 10.5 Å². The highest BCUT2D eigenvalue weighted by Gasteiger charge is 2.13. The second kappa shape index (κ2) is 5.94. The van der Waals surface area contributed by atoms with E-state index in [-0.39, 0.29) is 16.7 Å². The summed E-state index contributed by atoms with van der Waals surface area (Å²) >= 11 is 5.74. The van der Waals surface area contributed by atoms with Gasteiger partial charge in [0.15, 0.2) is 11.0 Å². The fraction of sp³-hybridized carbons (Fsp3) is 0.182. The Morgan fingerprint density at radius 2 is 1.79 bits per heavy atom. The maximum Gasteiger partial charge on any atom is 0.234 e. The minimum absolute atomic E-state index is 0.0231. The van der Waals surface area contributed by atoms with E-state index in [0.29, 0.717) is 6.42 Å². The Bertz CT molecular complexity index is 649. The summed E-state index contributed by atoms with van der Waals surface area (Å²) in [6.45, 7) is 0. The molecule has 2 aromatic rings. The van der Waals surface area contributed by atoms with Crippen LogP contribution in [0.15, 0.2) is 36.9 Å². The summed E-state index contributed by atoms with van der Waals surface area (Å²) in [5, 5.41) is 0.0231. The summed E-state index contributed by atoms with van der Waals surface area (Å²) < 4.78 is 26.1. The molecule has 0 unspecified atom stereocenters. The van der Waals surface area contributed by atoms with Gasteiger partial charge in [0.25, 0.3) is 0 Å². The molecule has 19 heavy (non-hydrogen) atoms. The van der Waals surface area contributed by atoms with Crippen molar-refractivity contribution in [1.29, 1.82) is 0 Å². The Morgan fingerprint density at radius 3 is 2.47 bits per heavy atom. The van der Waals surface area contributed by atoms with Gasteiger partial charge < -0.3 is 0 Å². The molecular formula is C11H11ClN4O2S. The van der Waals surface area contributed by atoms with E-state index >= 15 is 0 Å². The molecule has 0 radical (unpaired) electrons. The SMILES string of the molecule is O=S(=O)(CCc1ccncc1)Nc1nccnc1Cl. The van der Waals surface area contributed by atoms with Crippen molar-refractivity contribution in [2.45, 2.75) is 6.42 Å². The number of sulfonamides is 1. The Hall–Kier alpha value is -1.73. The van der Waals surface area contributed by atoms with E-state index in [2.05, 4.69) is 19.7 Å². The van der Waals surface area contributed by atoms with Crippen molar-refractivity contribution in [3.8, 4) is 0 Å². The standard InChI is InChI=1S/C11H11ClN4O2S/c12-10-11(15-7-6-14-10)16-19(17,18)8-3-9-1-4-13-5-2-9/h1-2,4-7H,3,8H2,(H,15,16). The summed E-state index contributed by atoms with van der Waals surface area (Å²) in [6, 6.07) is 3.54. The van der Waals surface area contributed by atoms with Crippen LogP contribution < -0.4 is 4.72 Å². The number of anilines is 1. The number of hydrogen-bond donors (Lipinski definition) is 1. The number of rotatable bonds is 5. The van der Waals surface area contributed by atoms with Gasteiger partial charge in [0.2, 0.25) is 10.0 Å². The number of halogens is 1. The lowest BCUT2D eigenvalue weighted by atomic mass is 10.2. The molecule has 0 aromatic carbocycles. The largest absolute Gasteiger partial charge is 0.265 e. The van der Waals surface area contributed by atoms with Crippen LogP contribution in [0.4, 0.5) is 5.82 Å². The second-order valence-electron chi connectivity index (χ2n) is 3.72. The van der Waals surface area contributed by atoms with E-state index in [0.717, 1.165) is 5.56 Å². The predicted molar refractivity (Wildman–Crippen MR) is 72.4 cm³/mol. The third-order valence-corrected chi connectivity index (χ3v) is 3.84. The van der Waals surface area contributed by atoms with Crippen molar-refractivity contribution in [3.63, 3.8) is 0 Å². The molecule has 0 bridgehead atoms. The highest BCUT2D eigenvalue weighted by molar-refractivity contribution is 7.92. The molecule has 2 aromatic heterocycles. The maximum atomic E-state index is 11.9. The summed E-state index contributed by atoms with van der Waals surface area (Å²) in [5.41, 5.74) is 0.894. The smallest absolute Gasteiger partial charge is 0.234 e. The predicted octanol–water partition coefficient (Wildman–Crippen LogP) is 1.51. The summed E-state index contributed by atoms with van der Waals surface area (Å²) in [7, 11) is -3.51. The summed E-state index contributed by atoms with van der Waals surface area (Å²) in [6.07, 6.45) is 6.38. The van der Waals surface area contributed by atoms with Crippen LogP contribution in [0.3, 0.4) is 0 Å². The third-order valence-electron chi connectivity index (χ3n) is 2.31. The zero-order valence-corrected chi connectivity index (χ0v) is 11.4. The number of nitrogens with zero attached hydrogens (tertiary/aromatic N) is 3. The van der Waals surface area contributed by atoms with E-state index in [9.17, 15) is 8.42 Å². The first kappa shape index (κ1) is 13.7. The van der Waals surface area contributed by atoms with Gasteiger partial charge in [-0.2, -0.15) is 0 Å². The van der Waals surface area contributed by atoms with Crippen molar-refractivity contribution >= 4 is 27.4 Å². The molecule has 0 aliphatic carbocycles. The van der Waals surface area contributed by atoms with Crippen molar-refractivity contribution < 1.29 is 8.42 Å². The molecule has 100 valence electrons.